The minimum atomic E-state index is -2.82. The Morgan fingerprint density at radius 3 is 2.29 bits per heavy atom. The van der Waals surface area contributed by atoms with E-state index in [0.29, 0.717) is 6.54 Å². The van der Waals surface area contributed by atoms with Gasteiger partial charge in [0.25, 0.3) is 0 Å². The van der Waals surface area contributed by atoms with Crippen LogP contribution in [0.15, 0.2) is 0 Å². The van der Waals surface area contributed by atoms with E-state index in [-0.39, 0.29) is 5.75 Å². The standard InChI is InChI=1S/C12H26N2O2S/c1-11-8-12(2)10-14(9-11)6-4-13-5-7-17(3,15)16/h11-13H,4-10H2,1-3H3. The molecule has 102 valence electrons. The van der Waals surface area contributed by atoms with Crippen molar-refractivity contribution in [3.8, 4) is 0 Å². The van der Waals surface area contributed by atoms with Gasteiger partial charge in [0, 0.05) is 39.0 Å². The summed E-state index contributed by atoms with van der Waals surface area (Å²) in [5.74, 6) is 1.81. The third-order valence-electron chi connectivity index (χ3n) is 3.20. The Kier molecular flexibility index (Phi) is 5.89. The summed E-state index contributed by atoms with van der Waals surface area (Å²) in [6, 6.07) is 0. The van der Waals surface area contributed by atoms with Gasteiger partial charge in [-0.3, -0.25) is 0 Å². The van der Waals surface area contributed by atoms with Crippen LogP contribution in [0.5, 0.6) is 0 Å². The first-order valence-electron chi connectivity index (χ1n) is 6.47. The van der Waals surface area contributed by atoms with Gasteiger partial charge < -0.3 is 10.2 Å². The second-order valence-electron chi connectivity index (χ2n) is 5.59. The van der Waals surface area contributed by atoms with E-state index in [1.165, 1.54) is 25.8 Å². The number of hydrogen-bond acceptors (Lipinski definition) is 4. The number of sulfone groups is 1. The van der Waals surface area contributed by atoms with Crippen molar-refractivity contribution in [1.29, 1.82) is 0 Å². The zero-order chi connectivity index (χ0) is 12.9. The molecular weight excluding hydrogens is 236 g/mol. The SMILES string of the molecule is CC1CC(C)CN(CCNCCS(C)(=O)=O)C1. The van der Waals surface area contributed by atoms with Crippen LogP contribution in [0.3, 0.4) is 0 Å². The van der Waals surface area contributed by atoms with Gasteiger partial charge in [0.1, 0.15) is 9.84 Å². The summed E-state index contributed by atoms with van der Waals surface area (Å²) in [5.41, 5.74) is 0. The van der Waals surface area contributed by atoms with Crippen molar-refractivity contribution in [2.45, 2.75) is 20.3 Å². The van der Waals surface area contributed by atoms with Gasteiger partial charge in [-0.25, -0.2) is 8.42 Å². The van der Waals surface area contributed by atoms with E-state index in [4.69, 9.17) is 0 Å². The fourth-order valence-corrected chi connectivity index (χ4v) is 3.11. The Labute approximate surface area is 106 Å². The highest BCUT2D eigenvalue weighted by atomic mass is 32.2. The topological polar surface area (TPSA) is 49.4 Å². The predicted molar refractivity (Wildman–Crippen MR) is 72.0 cm³/mol. The molecule has 0 spiro atoms. The molecule has 1 aliphatic rings. The lowest BCUT2D eigenvalue weighted by atomic mass is 9.92. The highest BCUT2D eigenvalue weighted by Gasteiger charge is 2.20. The van der Waals surface area contributed by atoms with E-state index in [2.05, 4.69) is 24.1 Å². The van der Waals surface area contributed by atoms with Crippen molar-refractivity contribution in [3.05, 3.63) is 0 Å². The van der Waals surface area contributed by atoms with E-state index in [1.54, 1.807) is 0 Å². The van der Waals surface area contributed by atoms with Crippen LogP contribution >= 0.6 is 0 Å². The molecule has 0 aromatic heterocycles. The van der Waals surface area contributed by atoms with E-state index in [0.717, 1.165) is 24.9 Å². The molecule has 1 rings (SSSR count). The van der Waals surface area contributed by atoms with Crippen LogP contribution in [0.2, 0.25) is 0 Å². The number of likely N-dealkylation sites (tertiary alicyclic amines) is 1. The molecule has 1 N–H and O–H groups in total. The lowest BCUT2D eigenvalue weighted by Crippen LogP contribution is -2.42. The minimum absolute atomic E-state index is 0.236. The van der Waals surface area contributed by atoms with Crippen molar-refractivity contribution < 1.29 is 8.42 Å². The van der Waals surface area contributed by atoms with Crippen molar-refractivity contribution in [2.75, 3.05) is 44.7 Å². The van der Waals surface area contributed by atoms with Gasteiger partial charge in [-0.2, -0.15) is 0 Å². The Morgan fingerprint density at radius 1 is 1.18 bits per heavy atom. The van der Waals surface area contributed by atoms with Gasteiger partial charge in [0.15, 0.2) is 0 Å². The lowest BCUT2D eigenvalue weighted by molar-refractivity contribution is 0.142. The number of rotatable bonds is 6. The normalized spacial score (nSPS) is 27.2. The fraction of sp³-hybridized carbons (Fsp3) is 1.00. The molecule has 2 unspecified atom stereocenters. The number of hydrogen-bond donors (Lipinski definition) is 1. The molecule has 17 heavy (non-hydrogen) atoms. The number of nitrogens with one attached hydrogen (secondary N) is 1. The summed E-state index contributed by atoms with van der Waals surface area (Å²) >= 11 is 0. The second kappa shape index (κ2) is 6.71. The Morgan fingerprint density at radius 2 is 1.76 bits per heavy atom. The molecule has 2 atom stereocenters. The molecule has 1 aliphatic heterocycles. The van der Waals surface area contributed by atoms with Crippen LogP contribution in [0.25, 0.3) is 0 Å². The largest absolute Gasteiger partial charge is 0.314 e. The van der Waals surface area contributed by atoms with Gasteiger partial charge in [-0.15, -0.1) is 0 Å². The summed E-state index contributed by atoms with van der Waals surface area (Å²) in [6.07, 6.45) is 2.61. The Hall–Kier alpha value is -0.130. The molecule has 4 nitrogen and oxygen atoms in total. The summed E-state index contributed by atoms with van der Waals surface area (Å²) in [5, 5.41) is 3.20. The van der Waals surface area contributed by atoms with Gasteiger partial charge >= 0.3 is 0 Å². The van der Waals surface area contributed by atoms with Gasteiger partial charge in [-0.05, 0) is 18.3 Å². The maximum atomic E-state index is 10.9. The maximum Gasteiger partial charge on any atom is 0.148 e. The fourth-order valence-electron chi connectivity index (χ4n) is 2.59. The summed E-state index contributed by atoms with van der Waals surface area (Å²) in [7, 11) is -2.82. The zero-order valence-electron chi connectivity index (χ0n) is 11.3. The molecule has 1 heterocycles. The molecule has 0 aromatic carbocycles. The lowest BCUT2D eigenvalue weighted by Gasteiger charge is -2.34. The molecule has 5 heteroatoms. The van der Waals surface area contributed by atoms with Gasteiger partial charge in [-0.1, -0.05) is 13.8 Å². The predicted octanol–water partition coefficient (Wildman–Crippen LogP) is 0.599. The van der Waals surface area contributed by atoms with Crippen molar-refractivity contribution in [2.24, 2.45) is 11.8 Å². The monoisotopic (exact) mass is 262 g/mol. The molecule has 0 saturated carbocycles. The molecule has 1 fully saturated rings. The molecule has 0 radical (unpaired) electrons. The number of nitrogens with zero attached hydrogens (tertiary/aromatic N) is 1. The van der Waals surface area contributed by atoms with Crippen LogP contribution in [-0.4, -0.2) is 58.1 Å². The molecule has 0 aliphatic carbocycles. The maximum absolute atomic E-state index is 10.9. The smallest absolute Gasteiger partial charge is 0.148 e. The first-order chi connectivity index (χ1) is 7.87. The minimum Gasteiger partial charge on any atom is -0.314 e. The van der Waals surface area contributed by atoms with Crippen LogP contribution < -0.4 is 5.32 Å². The number of piperidine rings is 1. The van der Waals surface area contributed by atoms with E-state index < -0.39 is 9.84 Å². The Balaban J connectivity index is 2.10. The molecule has 1 saturated heterocycles. The third-order valence-corrected chi connectivity index (χ3v) is 4.14. The van der Waals surface area contributed by atoms with E-state index >= 15 is 0 Å². The van der Waals surface area contributed by atoms with Crippen LogP contribution in [0, 0.1) is 11.8 Å². The van der Waals surface area contributed by atoms with Crippen LogP contribution in [-0.2, 0) is 9.84 Å². The third kappa shape index (κ3) is 7.01. The Bertz CT molecular complexity index is 306. The van der Waals surface area contributed by atoms with Crippen molar-refractivity contribution in [1.82, 2.24) is 10.2 Å². The second-order valence-corrected chi connectivity index (χ2v) is 7.85. The highest BCUT2D eigenvalue weighted by Crippen LogP contribution is 2.20. The summed E-state index contributed by atoms with van der Waals surface area (Å²) < 4.78 is 21.9. The quantitative estimate of drug-likeness (QED) is 0.712. The van der Waals surface area contributed by atoms with Gasteiger partial charge in [0.2, 0.25) is 0 Å². The molecule has 0 bridgehead atoms. The first-order valence-corrected chi connectivity index (χ1v) is 8.53. The average Bonchev–Trinajstić information content (AvgIpc) is 2.13. The first kappa shape index (κ1) is 14.9. The van der Waals surface area contributed by atoms with Crippen LogP contribution in [0.4, 0.5) is 0 Å². The van der Waals surface area contributed by atoms with E-state index in [9.17, 15) is 8.42 Å². The van der Waals surface area contributed by atoms with Crippen LogP contribution in [0.1, 0.15) is 20.3 Å². The molecular formula is C12H26N2O2S. The summed E-state index contributed by atoms with van der Waals surface area (Å²) in [4.78, 5) is 2.48. The van der Waals surface area contributed by atoms with E-state index in [1.807, 2.05) is 0 Å². The summed E-state index contributed by atoms with van der Waals surface area (Å²) in [6.45, 7) is 9.45. The molecule has 0 aromatic rings. The average molecular weight is 262 g/mol. The van der Waals surface area contributed by atoms with Gasteiger partial charge in [0.05, 0.1) is 5.75 Å². The van der Waals surface area contributed by atoms with Crippen molar-refractivity contribution in [3.63, 3.8) is 0 Å². The highest BCUT2D eigenvalue weighted by molar-refractivity contribution is 7.90. The molecule has 0 amide bonds. The van der Waals surface area contributed by atoms with Crippen molar-refractivity contribution >= 4 is 9.84 Å². The zero-order valence-corrected chi connectivity index (χ0v) is 12.1.